The fourth-order valence-corrected chi connectivity index (χ4v) is 6.85. The Morgan fingerprint density at radius 1 is 0.350 bits per heavy atom. The predicted octanol–water partition coefficient (Wildman–Crippen LogP) is 16.3. The van der Waals surface area contributed by atoms with Crippen LogP contribution in [0.15, 0.2) is 72.9 Å². The number of carbonyl (C=O) groups excluding carboxylic acids is 3. The van der Waals surface area contributed by atoms with Crippen molar-refractivity contribution in [2.45, 2.75) is 239 Å². The summed E-state index contributed by atoms with van der Waals surface area (Å²) in [6.45, 7) is 6.35. The average molecular weight is 837 g/mol. The zero-order valence-corrected chi connectivity index (χ0v) is 39.2. The first-order valence-corrected chi connectivity index (χ1v) is 25.0. The molecule has 6 nitrogen and oxygen atoms in total. The van der Waals surface area contributed by atoms with E-state index >= 15 is 0 Å². The van der Waals surface area contributed by atoms with Gasteiger partial charge in [-0.1, -0.05) is 229 Å². The van der Waals surface area contributed by atoms with Crippen LogP contribution in [0.1, 0.15) is 233 Å². The highest BCUT2D eigenvalue weighted by Crippen LogP contribution is 2.15. The molecule has 0 amide bonds. The van der Waals surface area contributed by atoms with E-state index in [2.05, 4.69) is 93.7 Å². The molecule has 0 bridgehead atoms. The summed E-state index contributed by atoms with van der Waals surface area (Å²) in [4.78, 5) is 37.9. The van der Waals surface area contributed by atoms with Gasteiger partial charge in [-0.25, -0.2) is 0 Å². The van der Waals surface area contributed by atoms with E-state index in [1.165, 1.54) is 96.3 Å². The molecule has 0 fully saturated rings. The summed E-state index contributed by atoms with van der Waals surface area (Å²) in [6, 6.07) is 0. The number of rotatable bonds is 44. The van der Waals surface area contributed by atoms with Crippen molar-refractivity contribution in [3.8, 4) is 0 Å². The third kappa shape index (κ3) is 45.9. The molecule has 0 rings (SSSR count). The topological polar surface area (TPSA) is 78.9 Å². The fourth-order valence-electron chi connectivity index (χ4n) is 6.85. The monoisotopic (exact) mass is 837 g/mol. The molecule has 0 saturated heterocycles. The first kappa shape index (κ1) is 56.9. The highest BCUT2D eigenvalue weighted by molar-refractivity contribution is 5.71. The van der Waals surface area contributed by atoms with Crippen LogP contribution in [0.3, 0.4) is 0 Å². The predicted molar refractivity (Wildman–Crippen MR) is 256 cm³/mol. The van der Waals surface area contributed by atoms with E-state index in [1.54, 1.807) is 0 Å². The Bertz CT molecular complexity index is 1140. The van der Waals surface area contributed by atoms with Crippen molar-refractivity contribution in [2.75, 3.05) is 13.2 Å². The Balaban J connectivity index is 4.42. The summed E-state index contributed by atoms with van der Waals surface area (Å²) in [5.74, 6) is -0.917. The average Bonchev–Trinajstić information content (AvgIpc) is 3.24. The van der Waals surface area contributed by atoms with Gasteiger partial charge in [-0.2, -0.15) is 0 Å². The van der Waals surface area contributed by atoms with Gasteiger partial charge in [0.2, 0.25) is 0 Å². The smallest absolute Gasteiger partial charge is 0.306 e. The SMILES string of the molecule is CC/C=C/C=C/C=C/CCCCCCCCCC(=O)OCC(COC(=O)CCCCCCC/C=C/C=C/C=C/CC)OC(=O)CCCCCCCCCCCCCCCC. The van der Waals surface area contributed by atoms with E-state index in [0.717, 1.165) is 96.3 Å². The summed E-state index contributed by atoms with van der Waals surface area (Å²) in [7, 11) is 0. The fraction of sp³-hybridized carbons (Fsp3) is 0.722. The van der Waals surface area contributed by atoms with Crippen molar-refractivity contribution in [3.63, 3.8) is 0 Å². The summed E-state index contributed by atoms with van der Waals surface area (Å²) in [5.41, 5.74) is 0. The molecule has 0 aromatic carbocycles. The number of hydrogen-bond acceptors (Lipinski definition) is 6. The van der Waals surface area contributed by atoms with Gasteiger partial charge in [-0.15, -0.1) is 0 Å². The maximum Gasteiger partial charge on any atom is 0.306 e. The summed E-state index contributed by atoms with van der Waals surface area (Å²) < 4.78 is 16.8. The first-order chi connectivity index (χ1) is 29.5. The minimum Gasteiger partial charge on any atom is -0.462 e. The maximum absolute atomic E-state index is 12.8. The molecule has 0 aliphatic heterocycles. The van der Waals surface area contributed by atoms with Crippen LogP contribution >= 0.6 is 0 Å². The molecule has 60 heavy (non-hydrogen) atoms. The number of esters is 3. The second-order valence-corrected chi connectivity index (χ2v) is 16.4. The Kier molecular flexibility index (Phi) is 46.0. The Morgan fingerprint density at radius 2 is 0.650 bits per heavy atom. The first-order valence-electron chi connectivity index (χ1n) is 25.0. The molecular formula is C54H92O6. The molecule has 0 heterocycles. The highest BCUT2D eigenvalue weighted by atomic mass is 16.6. The minimum atomic E-state index is -0.786. The van der Waals surface area contributed by atoms with Crippen molar-refractivity contribution in [1.82, 2.24) is 0 Å². The quantitative estimate of drug-likeness (QED) is 0.0263. The lowest BCUT2D eigenvalue weighted by Crippen LogP contribution is -2.30. The number of carbonyl (C=O) groups is 3. The van der Waals surface area contributed by atoms with Crippen molar-refractivity contribution in [2.24, 2.45) is 0 Å². The zero-order chi connectivity index (χ0) is 43.7. The molecule has 0 aromatic rings. The second kappa shape index (κ2) is 48.5. The van der Waals surface area contributed by atoms with Gasteiger partial charge in [-0.3, -0.25) is 14.4 Å². The molecule has 6 heteroatoms. The van der Waals surface area contributed by atoms with Gasteiger partial charge in [0.25, 0.3) is 0 Å². The highest BCUT2D eigenvalue weighted by Gasteiger charge is 2.19. The number of hydrogen-bond donors (Lipinski definition) is 0. The molecular weight excluding hydrogens is 745 g/mol. The van der Waals surface area contributed by atoms with Crippen LogP contribution in [0, 0.1) is 0 Å². The molecule has 0 spiro atoms. The lowest BCUT2D eigenvalue weighted by Gasteiger charge is -2.18. The third-order valence-corrected chi connectivity index (χ3v) is 10.6. The van der Waals surface area contributed by atoms with Crippen LogP contribution in [0.5, 0.6) is 0 Å². The van der Waals surface area contributed by atoms with E-state index < -0.39 is 6.10 Å². The van der Waals surface area contributed by atoms with E-state index in [1.807, 2.05) is 0 Å². The Labute approximate surface area is 370 Å². The van der Waals surface area contributed by atoms with Crippen molar-refractivity contribution >= 4 is 17.9 Å². The van der Waals surface area contributed by atoms with E-state index in [4.69, 9.17) is 14.2 Å². The van der Waals surface area contributed by atoms with Crippen LogP contribution in [-0.4, -0.2) is 37.2 Å². The van der Waals surface area contributed by atoms with Gasteiger partial charge in [0.15, 0.2) is 6.10 Å². The Morgan fingerprint density at radius 3 is 1.00 bits per heavy atom. The van der Waals surface area contributed by atoms with Gasteiger partial charge < -0.3 is 14.2 Å². The molecule has 344 valence electrons. The third-order valence-electron chi connectivity index (χ3n) is 10.6. The molecule has 0 N–H and O–H groups in total. The second-order valence-electron chi connectivity index (χ2n) is 16.4. The van der Waals surface area contributed by atoms with Gasteiger partial charge in [0.05, 0.1) is 0 Å². The molecule has 0 aliphatic carbocycles. The molecule has 0 aromatic heterocycles. The Hall–Kier alpha value is -3.15. The van der Waals surface area contributed by atoms with Crippen LogP contribution in [0.4, 0.5) is 0 Å². The number of ether oxygens (including phenoxy) is 3. The molecule has 0 radical (unpaired) electrons. The van der Waals surface area contributed by atoms with Crippen LogP contribution in [0.25, 0.3) is 0 Å². The number of allylic oxidation sites excluding steroid dienone is 12. The van der Waals surface area contributed by atoms with Crippen LogP contribution < -0.4 is 0 Å². The lowest BCUT2D eigenvalue weighted by molar-refractivity contribution is -0.167. The molecule has 0 aliphatic rings. The van der Waals surface area contributed by atoms with Gasteiger partial charge in [-0.05, 0) is 57.8 Å². The summed E-state index contributed by atoms with van der Waals surface area (Å²) >= 11 is 0. The largest absolute Gasteiger partial charge is 0.462 e. The lowest BCUT2D eigenvalue weighted by atomic mass is 10.0. The van der Waals surface area contributed by atoms with Gasteiger partial charge in [0, 0.05) is 19.3 Å². The van der Waals surface area contributed by atoms with E-state index in [9.17, 15) is 14.4 Å². The maximum atomic E-state index is 12.8. The van der Waals surface area contributed by atoms with Crippen LogP contribution in [-0.2, 0) is 28.6 Å². The standard InChI is InChI=1S/C54H92O6/c1-4-7-10-13-16-19-22-25-27-30-32-35-38-41-44-47-53(56)59-50-51(49-58-52(55)46-43-40-37-34-31-28-24-21-18-15-12-9-6-3)60-54(57)48-45-42-39-36-33-29-26-23-20-17-14-11-8-5-2/h7,9-10,12-13,15-16,18-19,21-22,24,51H,4-6,8,11,14,17,20,23,25-50H2,1-3H3/b10-7+,12-9+,16-13+,18-15+,22-19+,24-21+. The van der Waals surface area contributed by atoms with Gasteiger partial charge in [0.1, 0.15) is 13.2 Å². The van der Waals surface area contributed by atoms with Crippen molar-refractivity contribution < 1.29 is 28.6 Å². The molecule has 1 unspecified atom stereocenters. The van der Waals surface area contributed by atoms with Gasteiger partial charge >= 0.3 is 17.9 Å². The number of unbranched alkanes of at least 4 members (excludes halogenated alkanes) is 25. The van der Waals surface area contributed by atoms with Crippen molar-refractivity contribution in [1.29, 1.82) is 0 Å². The normalized spacial score (nSPS) is 12.7. The van der Waals surface area contributed by atoms with Crippen LogP contribution in [0.2, 0.25) is 0 Å². The van der Waals surface area contributed by atoms with E-state index in [-0.39, 0.29) is 31.1 Å². The minimum absolute atomic E-state index is 0.0874. The molecule has 1 atom stereocenters. The molecule has 0 saturated carbocycles. The van der Waals surface area contributed by atoms with Crippen molar-refractivity contribution in [3.05, 3.63) is 72.9 Å². The summed E-state index contributed by atoms with van der Waals surface area (Å²) in [5, 5.41) is 0. The zero-order valence-electron chi connectivity index (χ0n) is 39.2. The van der Waals surface area contributed by atoms with E-state index in [0.29, 0.717) is 19.3 Å². The summed E-state index contributed by atoms with van der Waals surface area (Å²) in [6.07, 6.45) is 60.2.